The molecule has 0 saturated heterocycles. The Hall–Kier alpha value is -2.19. The van der Waals surface area contributed by atoms with E-state index < -0.39 is 5.91 Å². The number of nitrogens with one attached hydrogen (secondary N) is 2. The van der Waals surface area contributed by atoms with Crippen LogP contribution in [-0.2, 0) is 11.2 Å². The third-order valence-electron chi connectivity index (χ3n) is 3.11. The molecule has 2 amide bonds. The molecule has 0 aliphatic heterocycles. The number of hydrogen-bond donors (Lipinski definition) is 2. The molecular formula is C16H19ClN4O3S. The van der Waals surface area contributed by atoms with Gasteiger partial charge in [0.2, 0.25) is 11.0 Å². The van der Waals surface area contributed by atoms with Gasteiger partial charge in [-0.25, -0.2) is 0 Å². The van der Waals surface area contributed by atoms with Crippen molar-refractivity contribution in [2.45, 2.75) is 27.2 Å². The van der Waals surface area contributed by atoms with Gasteiger partial charge in [0.1, 0.15) is 10.8 Å². The predicted octanol–water partition coefficient (Wildman–Crippen LogP) is 3.61. The Balaban J connectivity index is 2.22. The van der Waals surface area contributed by atoms with Gasteiger partial charge < -0.3 is 10.1 Å². The molecule has 0 unspecified atom stereocenters. The Morgan fingerprint density at radius 2 is 2.00 bits per heavy atom. The first kappa shape index (κ1) is 19.1. The Bertz CT molecular complexity index is 792. The highest BCUT2D eigenvalue weighted by molar-refractivity contribution is 7.15. The van der Waals surface area contributed by atoms with Crippen molar-refractivity contribution in [1.29, 1.82) is 0 Å². The van der Waals surface area contributed by atoms with Crippen molar-refractivity contribution in [2.75, 3.05) is 17.7 Å². The van der Waals surface area contributed by atoms with Gasteiger partial charge in [-0.15, -0.1) is 10.2 Å². The summed E-state index contributed by atoms with van der Waals surface area (Å²) in [6.07, 6.45) is 0.800. The van der Waals surface area contributed by atoms with E-state index in [-0.39, 0.29) is 22.2 Å². The fourth-order valence-corrected chi connectivity index (χ4v) is 3.24. The highest BCUT2D eigenvalue weighted by Crippen LogP contribution is 2.31. The third kappa shape index (κ3) is 5.14. The molecule has 134 valence electrons. The number of methoxy groups -OCH3 is 1. The number of ether oxygens (including phenoxy) is 1. The maximum absolute atomic E-state index is 12.5. The number of benzene rings is 1. The van der Waals surface area contributed by atoms with Crippen molar-refractivity contribution in [3.05, 3.63) is 27.7 Å². The average molecular weight is 383 g/mol. The molecule has 0 aliphatic rings. The van der Waals surface area contributed by atoms with Crippen LogP contribution in [0.25, 0.3) is 0 Å². The lowest BCUT2D eigenvalue weighted by molar-refractivity contribution is -0.114. The van der Waals surface area contributed by atoms with Crippen molar-refractivity contribution in [2.24, 2.45) is 5.92 Å². The number of hydrogen-bond acceptors (Lipinski definition) is 6. The maximum atomic E-state index is 12.5. The summed E-state index contributed by atoms with van der Waals surface area (Å²) >= 11 is 7.46. The summed E-state index contributed by atoms with van der Waals surface area (Å²) in [5, 5.41) is 14.8. The minimum Gasteiger partial charge on any atom is -0.496 e. The predicted molar refractivity (Wildman–Crippen MR) is 98.7 cm³/mol. The average Bonchev–Trinajstić information content (AvgIpc) is 2.94. The van der Waals surface area contributed by atoms with E-state index in [0.29, 0.717) is 16.7 Å². The fourth-order valence-electron chi connectivity index (χ4n) is 2.09. The van der Waals surface area contributed by atoms with Crippen molar-refractivity contribution in [1.82, 2.24) is 10.2 Å². The topological polar surface area (TPSA) is 93.2 Å². The summed E-state index contributed by atoms with van der Waals surface area (Å²) in [5.41, 5.74) is 0.611. The highest BCUT2D eigenvalue weighted by atomic mass is 35.5. The van der Waals surface area contributed by atoms with Gasteiger partial charge in [-0.3, -0.25) is 14.9 Å². The van der Waals surface area contributed by atoms with E-state index in [1.165, 1.54) is 37.5 Å². The first-order valence-electron chi connectivity index (χ1n) is 7.59. The molecule has 0 aliphatic carbocycles. The van der Waals surface area contributed by atoms with Crippen LogP contribution in [0.15, 0.2) is 12.1 Å². The second-order valence-corrected chi connectivity index (χ2v) is 7.24. The lowest BCUT2D eigenvalue weighted by Gasteiger charge is -2.12. The lowest BCUT2D eigenvalue weighted by Crippen LogP contribution is -2.14. The zero-order chi connectivity index (χ0) is 18.6. The van der Waals surface area contributed by atoms with Crippen molar-refractivity contribution in [3.8, 4) is 5.75 Å². The first-order valence-corrected chi connectivity index (χ1v) is 8.78. The van der Waals surface area contributed by atoms with Crippen LogP contribution in [0.1, 0.15) is 36.1 Å². The molecule has 25 heavy (non-hydrogen) atoms. The Labute approximate surface area is 154 Å². The van der Waals surface area contributed by atoms with Gasteiger partial charge in [0.25, 0.3) is 5.91 Å². The zero-order valence-electron chi connectivity index (χ0n) is 14.3. The van der Waals surface area contributed by atoms with E-state index in [9.17, 15) is 9.59 Å². The molecule has 2 aromatic rings. The molecule has 0 saturated carbocycles. The number of nitrogens with zero attached hydrogens (tertiary/aromatic N) is 2. The number of aromatic nitrogens is 2. The van der Waals surface area contributed by atoms with Crippen LogP contribution in [0.5, 0.6) is 5.75 Å². The van der Waals surface area contributed by atoms with Gasteiger partial charge in [0.15, 0.2) is 0 Å². The molecule has 9 heteroatoms. The van der Waals surface area contributed by atoms with Gasteiger partial charge in [0, 0.05) is 19.4 Å². The normalized spacial score (nSPS) is 10.6. The summed E-state index contributed by atoms with van der Waals surface area (Å²) in [6, 6.07) is 2.94. The van der Waals surface area contributed by atoms with Gasteiger partial charge >= 0.3 is 0 Å². The van der Waals surface area contributed by atoms with E-state index in [4.69, 9.17) is 16.3 Å². The van der Waals surface area contributed by atoms with E-state index in [1.54, 1.807) is 0 Å². The number of carbonyl (C=O) groups is 2. The van der Waals surface area contributed by atoms with E-state index in [2.05, 4.69) is 34.7 Å². The maximum Gasteiger partial charge on any atom is 0.261 e. The van der Waals surface area contributed by atoms with Crippen LogP contribution in [0.3, 0.4) is 0 Å². The molecule has 1 aromatic carbocycles. The van der Waals surface area contributed by atoms with Crippen LogP contribution in [-0.4, -0.2) is 29.1 Å². The van der Waals surface area contributed by atoms with Crippen molar-refractivity contribution >= 4 is 45.6 Å². The molecule has 0 atom stereocenters. The Morgan fingerprint density at radius 1 is 1.28 bits per heavy atom. The summed E-state index contributed by atoms with van der Waals surface area (Å²) in [4.78, 5) is 23.7. The van der Waals surface area contributed by atoms with Crippen LogP contribution in [0.4, 0.5) is 10.8 Å². The molecular weight excluding hydrogens is 364 g/mol. The van der Waals surface area contributed by atoms with E-state index >= 15 is 0 Å². The molecule has 0 radical (unpaired) electrons. The minimum atomic E-state index is -0.416. The fraction of sp³-hybridized carbons (Fsp3) is 0.375. The second-order valence-electron chi connectivity index (χ2n) is 5.77. The molecule has 1 aromatic heterocycles. The van der Waals surface area contributed by atoms with Crippen LogP contribution < -0.4 is 15.4 Å². The molecule has 0 bridgehead atoms. The second kappa shape index (κ2) is 8.26. The summed E-state index contributed by atoms with van der Waals surface area (Å²) in [5.74, 6) is 0.0577. The first-order chi connectivity index (χ1) is 11.8. The Morgan fingerprint density at radius 3 is 2.60 bits per heavy atom. The largest absolute Gasteiger partial charge is 0.496 e. The van der Waals surface area contributed by atoms with Crippen LogP contribution >= 0.6 is 22.9 Å². The number of anilines is 2. The minimum absolute atomic E-state index is 0.235. The third-order valence-corrected chi connectivity index (χ3v) is 4.29. The highest BCUT2D eigenvalue weighted by Gasteiger charge is 2.18. The van der Waals surface area contributed by atoms with Gasteiger partial charge in [-0.2, -0.15) is 0 Å². The van der Waals surface area contributed by atoms with E-state index in [0.717, 1.165) is 11.4 Å². The zero-order valence-corrected chi connectivity index (χ0v) is 15.9. The number of amides is 2. The van der Waals surface area contributed by atoms with Crippen molar-refractivity contribution in [3.63, 3.8) is 0 Å². The standard InChI is InChI=1S/C16H19ClN4O3S/c1-8(2)5-14-20-21-16(25-14)19-15(23)10-6-11(17)12(18-9(3)22)7-13(10)24-4/h6-8H,5H2,1-4H3,(H,18,22)(H,19,21,23). The molecule has 2 rings (SSSR count). The molecule has 2 N–H and O–H groups in total. The smallest absolute Gasteiger partial charge is 0.261 e. The number of carbonyl (C=O) groups excluding carboxylic acids is 2. The lowest BCUT2D eigenvalue weighted by atomic mass is 10.1. The van der Waals surface area contributed by atoms with Crippen LogP contribution in [0.2, 0.25) is 5.02 Å². The van der Waals surface area contributed by atoms with Crippen LogP contribution in [0, 0.1) is 5.92 Å². The molecule has 0 spiro atoms. The summed E-state index contributed by atoms with van der Waals surface area (Å²) < 4.78 is 5.24. The number of halogens is 1. The number of rotatable bonds is 6. The Kier molecular flexibility index (Phi) is 6.33. The van der Waals surface area contributed by atoms with Gasteiger partial charge in [0.05, 0.1) is 23.4 Å². The quantitative estimate of drug-likeness (QED) is 0.796. The van der Waals surface area contributed by atoms with Gasteiger partial charge in [-0.1, -0.05) is 36.8 Å². The van der Waals surface area contributed by atoms with Gasteiger partial charge in [-0.05, 0) is 12.0 Å². The summed E-state index contributed by atoms with van der Waals surface area (Å²) in [7, 11) is 1.43. The molecule has 7 nitrogen and oxygen atoms in total. The SMILES string of the molecule is COc1cc(NC(C)=O)c(Cl)cc1C(=O)Nc1nnc(CC(C)C)s1. The van der Waals surface area contributed by atoms with E-state index in [1.807, 2.05) is 0 Å². The van der Waals surface area contributed by atoms with Crippen molar-refractivity contribution < 1.29 is 14.3 Å². The monoisotopic (exact) mass is 382 g/mol. The molecule has 0 fully saturated rings. The molecule has 1 heterocycles. The summed E-state index contributed by atoms with van der Waals surface area (Å²) in [6.45, 7) is 5.54.